The minimum absolute atomic E-state index is 0.143. The van der Waals surface area contributed by atoms with Crippen molar-refractivity contribution in [3.8, 4) is 0 Å². The van der Waals surface area contributed by atoms with Gasteiger partial charge in [-0.25, -0.2) is 4.79 Å². The van der Waals surface area contributed by atoms with Gasteiger partial charge in [-0.15, -0.1) is 0 Å². The molecule has 2 aromatic rings. The zero-order valence-electron chi connectivity index (χ0n) is 20.0. The summed E-state index contributed by atoms with van der Waals surface area (Å²) in [5.74, 6) is -0.163. The number of nitrogens with zero attached hydrogens (tertiary/aromatic N) is 1. The van der Waals surface area contributed by atoms with Crippen LogP contribution < -0.4 is 0 Å². The van der Waals surface area contributed by atoms with Crippen LogP contribution in [-0.4, -0.2) is 54.0 Å². The van der Waals surface area contributed by atoms with Gasteiger partial charge in [-0.2, -0.15) is 0 Å². The number of benzene rings is 1. The predicted octanol–water partition coefficient (Wildman–Crippen LogP) is 4.66. The van der Waals surface area contributed by atoms with Crippen LogP contribution in [0.2, 0.25) is 0 Å². The Morgan fingerprint density at radius 3 is 2.85 bits per heavy atom. The van der Waals surface area contributed by atoms with Crippen LogP contribution >= 0.6 is 0 Å². The lowest BCUT2D eigenvalue weighted by molar-refractivity contribution is -0.207. The first-order chi connectivity index (χ1) is 16.0. The van der Waals surface area contributed by atoms with Crippen molar-refractivity contribution in [2.24, 2.45) is 5.92 Å². The molecule has 0 bridgehead atoms. The Morgan fingerprint density at radius 2 is 2.06 bits per heavy atom. The van der Waals surface area contributed by atoms with Crippen LogP contribution in [0.25, 0.3) is 10.9 Å². The lowest BCUT2D eigenvalue weighted by Crippen LogP contribution is -2.52. The van der Waals surface area contributed by atoms with E-state index in [1.807, 2.05) is 6.07 Å². The summed E-state index contributed by atoms with van der Waals surface area (Å²) in [5.41, 5.74) is 2.44. The van der Waals surface area contributed by atoms with Gasteiger partial charge >= 0.3 is 5.97 Å². The molecule has 4 heterocycles. The number of aromatic amines is 1. The van der Waals surface area contributed by atoms with Crippen molar-refractivity contribution >= 4 is 16.9 Å². The number of esters is 1. The summed E-state index contributed by atoms with van der Waals surface area (Å²) >= 11 is 0. The molecule has 4 aliphatic rings. The standard InChI is InChI=1S/C27H36N2O4/c1-3-25(18-32-26(33-25)12-7-4-8-13-26)15-19-16-27(24(30)31-2)23-21(11-14-29(27)17-19)20-9-5-6-10-22(20)28-23/h5-6,9-10,19,28H,3-4,7-8,11-18H2,1-2H3/t19-,25-,27+/m0/s1. The van der Waals surface area contributed by atoms with E-state index < -0.39 is 5.54 Å². The Bertz CT molecular complexity index is 1060. The number of carbonyl (C=O) groups is 1. The van der Waals surface area contributed by atoms with Gasteiger partial charge in [0, 0.05) is 36.8 Å². The van der Waals surface area contributed by atoms with E-state index in [0.717, 1.165) is 62.8 Å². The third-order valence-electron chi connectivity index (χ3n) is 8.91. The smallest absolute Gasteiger partial charge is 0.332 e. The summed E-state index contributed by atoms with van der Waals surface area (Å²) in [5, 5.41) is 1.23. The van der Waals surface area contributed by atoms with E-state index in [2.05, 4.69) is 35.0 Å². The predicted molar refractivity (Wildman–Crippen MR) is 126 cm³/mol. The number of hydrogen-bond donors (Lipinski definition) is 1. The van der Waals surface area contributed by atoms with Crippen LogP contribution in [0.5, 0.6) is 0 Å². The van der Waals surface area contributed by atoms with Gasteiger partial charge in [0.05, 0.1) is 25.0 Å². The number of methoxy groups -OCH3 is 1. The van der Waals surface area contributed by atoms with Crippen molar-refractivity contribution in [3.63, 3.8) is 0 Å². The second kappa shape index (κ2) is 7.82. The molecule has 1 saturated carbocycles. The number of para-hydroxylation sites is 1. The van der Waals surface area contributed by atoms with Crippen LogP contribution in [0.15, 0.2) is 24.3 Å². The van der Waals surface area contributed by atoms with Gasteiger partial charge in [0.2, 0.25) is 0 Å². The molecule has 6 rings (SSSR count). The van der Waals surface area contributed by atoms with E-state index >= 15 is 0 Å². The number of fused-ring (bicyclic) bond motifs is 5. The first-order valence-electron chi connectivity index (χ1n) is 12.8. The molecule has 3 fully saturated rings. The largest absolute Gasteiger partial charge is 0.467 e. The fourth-order valence-electron chi connectivity index (χ4n) is 7.30. The fourth-order valence-corrected chi connectivity index (χ4v) is 7.30. The van der Waals surface area contributed by atoms with Crippen LogP contribution in [-0.2, 0) is 31.0 Å². The van der Waals surface area contributed by atoms with Crippen molar-refractivity contribution in [1.82, 2.24) is 9.88 Å². The summed E-state index contributed by atoms with van der Waals surface area (Å²) in [7, 11) is 1.52. The third kappa shape index (κ3) is 3.21. The molecular weight excluding hydrogens is 416 g/mol. The first-order valence-corrected chi connectivity index (χ1v) is 12.8. The minimum Gasteiger partial charge on any atom is -0.467 e. The zero-order chi connectivity index (χ0) is 22.7. The second-order valence-corrected chi connectivity index (χ2v) is 10.7. The summed E-state index contributed by atoms with van der Waals surface area (Å²) < 4.78 is 18.6. The van der Waals surface area contributed by atoms with Gasteiger partial charge in [-0.05, 0) is 56.1 Å². The van der Waals surface area contributed by atoms with Crippen LogP contribution in [0, 0.1) is 5.92 Å². The van der Waals surface area contributed by atoms with Crippen LogP contribution in [0.3, 0.4) is 0 Å². The number of ether oxygens (including phenoxy) is 3. The van der Waals surface area contributed by atoms with Crippen molar-refractivity contribution < 1.29 is 19.0 Å². The van der Waals surface area contributed by atoms with Crippen molar-refractivity contribution in [1.29, 1.82) is 0 Å². The Kier molecular flexibility index (Phi) is 5.13. The number of nitrogens with one attached hydrogen (secondary N) is 1. The van der Waals surface area contributed by atoms with Gasteiger partial charge in [0.25, 0.3) is 0 Å². The molecule has 2 saturated heterocycles. The maximum atomic E-state index is 13.4. The lowest BCUT2D eigenvalue weighted by Gasteiger charge is -2.39. The number of aromatic nitrogens is 1. The Labute approximate surface area is 195 Å². The topological polar surface area (TPSA) is 63.8 Å². The van der Waals surface area contributed by atoms with E-state index in [1.165, 1.54) is 37.3 Å². The highest BCUT2D eigenvalue weighted by molar-refractivity contribution is 5.91. The van der Waals surface area contributed by atoms with Crippen molar-refractivity contribution in [3.05, 3.63) is 35.5 Å². The van der Waals surface area contributed by atoms with E-state index in [-0.39, 0.29) is 17.4 Å². The molecule has 6 heteroatoms. The van der Waals surface area contributed by atoms with Gasteiger partial charge in [-0.1, -0.05) is 31.5 Å². The normalized spacial score (nSPS) is 33.3. The van der Waals surface area contributed by atoms with Crippen LogP contribution in [0.1, 0.15) is 69.5 Å². The van der Waals surface area contributed by atoms with Gasteiger partial charge in [-0.3, -0.25) is 4.90 Å². The quantitative estimate of drug-likeness (QED) is 0.684. The molecule has 0 radical (unpaired) electrons. The molecule has 1 aromatic carbocycles. The zero-order valence-corrected chi connectivity index (χ0v) is 20.0. The van der Waals surface area contributed by atoms with E-state index in [1.54, 1.807) is 0 Å². The highest BCUT2D eigenvalue weighted by Crippen LogP contribution is 2.52. The molecule has 6 nitrogen and oxygen atoms in total. The van der Waals surface area contributed by atoms with Crippen LogP contribution in [0.4, 0.5) is 0 Å². The van der Waals surface area contributed by atoms with Gasteiger partial charge in [0.15, 0.2) is 11.3 Å². The number of rotatable bonds is 4. The first kappa shape index (κ1) is 21.6. The Morgan fingerprint density at radius 1 is 1.24 bits per heavy atom. The third-order valence-corrected chi connectivity index (χ3v) is 8.91. The fraction of sp³-hybridized carbons (Fsp3) is 0.667. The number of H-pyrrole nitrogens is 1. The molecule has 1 N–H and O–H groups in total. The summed E-state index contributed by atoms with van der Waals surface area (Å²) in [4.78, 5) is 19.4. The second-order valence-electron chi connectivity index (χ2n) is 10.7. The number of carbonyl (C=O) groups excluding carboxylic acids is 1. The van der Waals surface area contributed by atoms with Gasteiger partial charge < -0.3 is 19.2 Å². The summed E-state index contributed by atoms with van der Waals surface area (Å²) in [6.07, 6.45) is 9.25. The molecule has 3 atom stereocenters. The molecule has 33 heavy (non-hydrogen) atoms. The van der Waals surface area contributed by atoms with E-state index in [9.17, 15) is 4.79 Å². The maximum Gasteiger partial charge on any atom is 0.332 e. The molecular formula is C27H36N2O4. The van der Waals surface area contributed by atoms with Gasteiger partial charge in [0.1, 0.15) is 0 Å². The maximum absolute atomic E-state index is 13.4. The summed E-state index contributed by atoms with van der Waals surface area (Å²) in [6.45, 7) is 4.66. The number of hydrogen-bond acceptors (Lipinski definition) is 5. The molecule has 0 amide bonds. The molecule has 178 valence electrons. The molecule has 1 spiro atoms. The molecule has 0 unspecified atom stereocenters. The molecule has 1 aromatic heterocycles. The lowest BCUT2D eigenvalue weighted by atomic mass is 9.80. The average molecular weight is 453 g/mol. The average Bonchev–Trinajstić information content (AvgIpc) is 3.51. The Balaban J connectivity index is 1.32. The van der Waals surface area contributed by atoms with E-state index in [4.69, 9.17) is 14.2 Å². The highest BCUT2D eigenvalue weighted by atomic mass is 16.8. The van der Waals surface area contributed by atoms with Crippen molar-refractivity contribution in [2.75, 3.05) is 26.8 Å². The summed E-state index contributed by atoms with van der Waals surface area (Å²) in [6, 6.07) is 8.40. The van der Waals surface area contributed by atoms with Crippen molar-refractivity contribution in [2.45, 2.75) is 81.6 Å². The Hall–Kier alpha value is -1.89. The minimum atomic E-state index is -0.733. The van der Waals surface area contributed by atoms with E-state index in [0.29, 0.717) is 12.5 Å². The SMILES string of the molecule is CC[C@]1(C[C@@H]2CN3CCc4c([nH]c5ccccc45)[C@@]3(C(=O)OC)C2)COC2(CCCCC2)O1. The molecule has 3 aliphatic heterocycles. The highest BCUT2D eigenvalue weighted by Gasteiger charge is 2.59. The monoisotopic (exact) mass is 452 g/mol. The molecule has 1 aliphatic carbocycles.